The molecule has 0 saturated carbocycles. The fourth-order valence-electron chi connectivity index (χ4n) is 2.72. The number of guanidine groups is 1. The first-order valence-corrected chi connectivity index (χ1v) is 9.13. The maximum absolute atomic E-state index is 6.19. The van der Waals surface area contributed by atoms with Gasteiger partial charge in [0.25, 0.3) is 0 Å². The summed E-state index contributed by atoms with van der Waals surface area (Å²) in [5, 5.41) is 7.97. The molecule has 0 aliphatic carbocycles. The maximum Gasteiger partial charge on any atom is 0.191 e. The molecule has 0 unspecified atom stereocenters. The molecular formula is C17H27Cl2N5. The van der Waals surface area contributed by atoms with Crippen molar-refractivity contribution in [3.8, 4) is 0 Å². The van der Waals surface area contributed by atoms with Crippen LogP contribution in [0.5, 0.6) is 0 Å². The molecule has 24 heavy (non-hydrogen) atoms. The highest BCUT2D eigenvalue weighted by atomic mass is 35.5. The minimum absolute atomic E-state index is 0.615. The molecule has 1 aliphatic heterocycles. The highest BCUT2D eigenvalue weighted by Gasteiger charge is 2.11. The van der Waals surface area contributed by atoms with E-state index >= 15 is 0 Å². The fourth-order valence-corrected chi connectivity index (χ4v) is 3.20. The first-order valence-electron chi connectivity index (χ1n) is 8.38. The topological polar surface area (TPSA) is 42.9 Å². The Bertz CT molecular complexity index is 550. The number of halogens is 2. The zero-order valence-corrected chi connectivity index (χ0v) is 16.0. The van der Waals surface area contributed by atoms with Crippen molar-refractivity contribution in [2.75, 3.05) is 53.4 Å². The highest BCUT2D eigenvalue weighted by Crippen LogP contribution is 2.20. The second-order valence-corrected chi connectivity index (χ2v) is 6.93. The largest absolute Gasteiger partial charge is 0.355 e. The summed E-state index contributed by atoms with van der Waals surface area (Å²) in [7, 11) is 3.97. The van der Waals surface area contributed by atoms with E-state index in [4.69, 9.17) is 23.2 Å². The summed E-state index contributed by atoms with van der Waals surface area (Å²) in [5.74, 6) is 0.785. The molecule has 1 fully saturated rings. The fraction of sp³-hybridized carbons (Fsp3) is 0.588. The number of likely N-dealkylation sites (N-methyl/N-ethyl adjacent to an activating group) is 1. The number of nitrogens with one attached hydrogen (secondary N) is 2. The number of benzene rings is 1. The lowest BCUT2D eigenvalue weighted by Crippen LogP contribution is -2.42. The van der Waals surface area contributed by atoms with E-state index in [1.165, 1.54) is 19.5 Å². The molecule has 2 N–H and O–H groups in total. The Morgan fingerprint density at radius 1 is 1.17 bits per heavy atom. The molecule has 0 aromatic heterocycles. The molecule has 2 rings (SSSR count). The van der Waals surface area contributed by atoms with Crippen LogP contribution in [0, 0.1) is 0 Å². The number of nitrogens with zero attached hydrogens (tertiary/aromatic N) is 3. The third-order valence-electron chi connectivity index (χ3n) is 4.22. The van der Waals surface area contributed by atoms with Crippen molar-refractivity contribution in [2.45, 2.75) is 13.0 Å². The average Bonchev–Trinajstić information content (AvgIpc) is 2.76. The summed E-state index contributed by atoms with van der Waals surface area (Å²) in [6, 6.07) is 5.53. The van der Waals surface area contributed by atoms with Crippen LogP contribution in [0.3, 0.4) is 0 Å². The van der Waals surface area contributed by atoms with E-state index in [0.29, 0.717) is 16.6 Å². The van der Waals surface area contributed by atoms with Gasteiger partial charge in [0.2, 0.25) is 0 Å². The molecule has 1 aromatic carbocycles. The Kier molecular flexibility index (Phi) is 8.12. The quantitative estimate of drug-likeness (QED) is 0.615. The average molecular weight is 372 g/mol. The van der Waals surface area contributed by atoms with Crippen LogP contribution in [0.1, 0.15) is 12.0 Å². The van der Waals surface area contributed by atoms with Gasteiger partial charge in [0.05, 0.1) is 0 Å². The van der Waals surface area contributed by atoms with Crippen LogP contribution >= 0.6 is 23.2 Å². The van der Waals surface area contributed by atoms with Gasteiger partial charge in [0.1, 0.15) is 0 Å². The molecule has 0 spiro atoms. The van der Waals surface area contributed by atoms with Crippen molar-refractivity contribution in [1.82, 2.24) is 20.4 Å². The van der Waals surface area contributed by atoms with Crippen molar-refractivity contribution < 1.29 is 0 Å². The maximum atomic E-state index is 6.19. The Hall–Kier alpha value is -1.01. The van der Waals surface area contributed by atoms with E-state index in [1.807, 2.05) is 12.1 Å². The first kappa shape index (κ1) is 19.3. The van der Waals surface area contributed by atoms with Gasteiger partial charge < -0.3 is 20.4 Å². The number of rotatable bonds is 5. The van der Waals surface area contributed by atoms with Crippen LogP contribution < -0.4 is 10.6 Å². The van der Waals surface area contributed by atoms with Crippen LogP contribution in [0.2, 0.25) is 10.0 Å². The van der Waals surface area contributed by atoms with E-state index in [0.717, 1.165) is 37.7 Å². The second kappa shape index (κ2) is 10.1. The molecule has 5 nitrogen and oxygen atoms in total. The summed E-state index contributed by atoms with van der Waals surface area (Å²) in [5.41, 5.74) is 1.000. The zero-order chi connectivity index (χ0) is 17.4. The van der Waals surface area contributed by atoms with Gasteiger partial charge in [0, 0.05) is 49.8 Å². The molecule has 1 aromatic rings. The molecular weight excluding hydrogens is 345 g/mol. The number of hydrogen-bond acceptors (Lipinski definition) is 3. The summed E-state index contributed by atoms with van der Waals surface area (Å²) in [6.07, 6.45) is 1.23. The Balaban J connectivity index is 1.72. The van der Waals surface area contributed by atoms with E-state index in [1.54, 1.807) is 13.1 Å². The van der Waals surface area contributed by atoms with Crippen molar-refractivity contribution in [1.29, 1.82) is 0 Å². The van der Waals surface area contributed by atoms with E-state index in [2.05, 4.69) is 32.5 Å². The summed E-state index contributed by atoms with van der Waals surface area (Å²) < 4.78 is 0. The Morgan fingerprint density at radius 2 is 2.00 bits per heavy atom. The molecule has 1 heterocycles. The predicted octanol–water partition coefficient (Wildman–Crippen LogP) is 2.30. The highest BCUT2D eigenvalue weighted by molar-refractivity contribution is 6.35. The van der Waals surface area contributed by atoms with Gasteiger partial charge in [-0.2, -0.15) is 0 Å². The SMILES string of the molecule is CN=C(NCCN1CCCN(C)CC1)NCc1ccc(Cl)cc1Cl. The second-order valence-electron chi connectivity index (χ2n) is 6.09. The van der Waals surface area contributed by atoms with Gasteiger partial charge in [-0.15, -0.1) is 0 Å². The Labute approximate surface area is 155 Å². The van der Waals surface area contributed by atoms with Crippen molar-refractivity contribution in [2.24, 2.45) is 4.99 Å². The summed E-state index contributed by atoms with van der Waals surface area (Å²) in [4.78, 5) is 9.15. The van der Waals surface area contributed by atoms with Gasteiger partial charge >= 0.3 is 0 Å². The van der Waals surface area contributed by atoms with Crippen molar-refractivity contribution in [3.63, 3.8) is 0 Å². The van der Waals surface area contributed by atoms with Gasteiger partial charge in [-0.05, 0) is 44.3 Å². The monoisotopic (exact) mass is 371 g/mol. The predicted molar refractivity (Wildman–Crippen MR) is 103 cm³/mol. The van der Waals surface area contributed by atoms with E-state index in [9.17, 15) is 0 Å². The molecule has 134 valence electrons. The van der Waals surface area contributed by atoms with Crippen LogP contribution in [0.25, 0.3) is 0 Å². The standard InChI is InChI=1S/C17H27Cl2N5/c1-20-17(22-13-14-4-5-15(18)12-16(14)19)21-6-9-24-8-3-7-23(2)10-11-24/h4-5,12H,3,6-11,13H2,1-2H3,(H2,20,21,22). The van der Waals surface area contributed by atoms with Crippen LogP contribution in [-0.2, 0) is 6.54 Å². The van der Waals surface area contributed by atoms with Gasteiger partial charge in [-0.3, -0.25) is 4.99 Å². The zero-order valence-electron chi connectivity index (χ0n) is 14.5. The molecule has 7 heteroatoms. The molecule has 1 aliphatic rings. The molecule has 0 atom stereocenters. The summed E-state index contributed by atoms with van der Waals surface area (Å²) in [6.45, 7) is 7.14. The van der Waals surface area contributed by atoms with Crippen LogP contribution in [0.4, 0.5) is 0 Å². The molecule has 0 amide bonds. The van der Waals surface area contributed by atoms with Crippen molar-refractivity contribution in [3.05, 3.63) is 33.8 Å². The lowest BCUT2D eigenvalue weighted by molar-refractivity contribution is 0.280. The summed E-state index contributed by atoms with van der Waals surface area (Å²) >= 11 is 12.1. The van der Waals surface area contributed by atoms with Crippen LogP contribution in [0.15, 0.2) is 23.2 Å². The minimum atomic E-state index is 0.615. The number of aliphatic imine (C=N–C) groups is 1. The van der Waals surface area contributed by atoms with E-state index in [-0.39, 0.29) is 0 Å². The van der Waals surface area contributed by atoms with E-state index < -0.39 is 0 Å². The lowest BCUT2D eigenvalue weighted by Gasteiger charge is -2.21. The normalized spacial score (nSPS) is 17.6. The lowest BCUT2D eigenvalue weighted by atomic mass is 10.2. The molecule has 1 saturated heterocycles. The van der Waals surface area contributed by atoms with Crippen molar-refractivity contribution >= 4 is 29.2 Å². The van der Waals surface area contributed by atoms with Gasteiger partial charge in [-0.1, -0.05) is 29.3 Å². The number of hydrogen-bond donors (Lipinski definition) is 2. The first-order chi connectivity index (χ1) is 11.6. The van der Waals surface area contributed by atoms with Gasteiger partial charge in [0.15, 0.2) is 5.96 Å². The third-order valence-corrected chi connectivity index (χ3v) is 4.80. The van der Waals surface area contributed by atoms with Gasteiger partial charge in [-0.25, -0.2) is 0 Å². The smallest absolute Gasteiger partial charge is 0.191 e. The Morgan fingerprint density at radius 3 is 2.75 bits per heavy atom. The minimum Gasteiger partial charge on any atom is -0.355 e. The molecule has 0 bridgehead atoms. The third kappa shape index (κ3) is 6.48. The van der Waals surface area contributed by atoms with Crippen LogP contribution in [-0.4, -0.2) is 69.1 Å². The molecule has 0 radical (unpaired) electrons.